The van der Waals surface area contributed by atoms with Gasteiger partial charge in [-0.1, -0.05) is 23.7 Å². The molecule has 174 valence electrons. The molecule has 0 radical (unpaired) electrons. The number of nitrogens with zero attached hydrogens (tertiary/aromatic N) is 1. The minimum Gasteiger partial charge on any atom is -0.399 e. The van der Waals surface area contributed by atoms with E-state index in [-0.39, 0.29) is 17.8 Å². The highest BCUT2D eigenvalue weighted by Gasteiger charge is 2.53. The maximum Gasteiger partial charge on any atom is 0.495 e. The summed E-state index contributed by atoms with van der Waals surface area (Å²) in [5.41, 5.74) is 3.05. The molecular weight excluding hydrogens is 440 g/mol. The molecule has 2 heterocycles. The molecule has 2 aromatic rings. The van der Waals surface area contributed by atoms with Gasteiger partial charge in [-0.25, -0.2) is 4.39 Å². The normalized spacial score (nSPS) is 22.5. The van der Waals surface area contributed by atoms with Crippen molar-refractivity contribution >= 4 is 30.1 Å². The summed E-state index contributed by atoms with van der Waals surface area (Å²) in [7, 11) is -0.569. The van der Waals surface area contributed by atoms with E-state index in [0.717, 1.165) is 29.4 Å². The molecule has 0 aromatic heterocycles. The van der Waals surface area contributed by atoms with Crippen LogP contribution in [0.4, 0.5) is 4.39 Å². The lowest BCUT2D eigenvalue weighted by molar-refractivity contribution is 0.00578. The van der Waals surface area contributed by atoms with Gasteiger partial charge in [0.15, 0.2) is 0 Å². The molecule has 1 amide bonds. The lowest BCUT2D eigenvalue weighted by Crippen LogP contribution is -2.46. The lowest BCUT2D eigenvalue weighted by atomic mass is 9.73. The molecule has 4 nitrogen and oxygen atoms in total. The van der Waals surface area contributed by atoms with Crippen LogP contribution in [-0.4, -0.2) is 35.7 Å². The zero-order valence-electron chi connectivity index (χ0n) is 19.9. The number of amides is 1. The van der Waals surface area contributed by atoms with Crippen molar-refractivity contribution < 1.29 is 18.5 Å². The second-order valence-corrected chi connectivity index (χ2v) is 11.1. The van der Waals surface area contributed by atoms with Crippen LogP contribution in [0.3, 0.4) is 0 Å². The molecule has 5 rings (SSSR count). The number of rotatable bonds is 4. The van der Waals surface area contributed by atoms with Gasteiger partial charge in [-0.2, -0.15) is 0 Å². The van der Waals surface area contributed by atoms with Crippen molar-refractivity contribution in [2.45, 2.75) is 71.1 Å². The molecule has 1 aliphatic carbocycles. The molecule has 2 aromatic carbocycles. The number of benzene rings is 2. The summed E-state index contributed by atoms with van der Waals surface area (Å²) in [4.78, 5) is 15.8. The fraction of sp³-hybridized carbons (Fsp3) is 0.500. The lowest BCUT2D eigenvalue weighted by Gasteiger charge is -2.37. The average Bonchev–Trinajstić information content (AvgIpc) is 3.53. The molecule has 1 unspecified atom stereocenters. The second kappa shape index (κ2) is 7.83. The summed E-state index contributed by atoms with van der Waals surface area (Å²) < 4.78 is 26.5. The van der Waals surface area contributed by atoms with Crippen LogP contribution in [0.1, 0.15) is 73.6 Å². The number of carbonyl (C=O) groups is 1. The van der Waals surface area contributed by atoms with Crippen molar-refractivity contribution in [2.75, 3.05) is 6.54 Å². The van der Waals surface area contributed by atoms with E-state index >= 15 is 0 Å². The van der Waals surface area contributed by atoms with Crippen LogP contribution >= 0.6 is 11.6 Å². The van der Waals surface area contributed by atoms with Crippen LogP contribution in [0.2, 0.25) is 5.02 Å². The first kappa shape index (κ1) is 22.9. The molecule has 1 saturated carbocycles. The first-order valence-corrected chi connectivity index (χ1v) is 12.1. The quantitative estimate of drug-likeness (QED) is 0.575. The van der Waals surface area contributed by atoms with Crippen LogP contribution < -0.4 is 5.46 Å². The zero-order chi connectivity index (χ0) is 23.7. The van der Waals surface area contributed by atoms with Crippen molar-refractivity contribution in [1.29, 1.82) is 0 Å². The Morgan fingerprint density at radius 2 is 1.79 bits per heavy atom. The molecular formula is C26H30BClFNO3. The van der Waals surface area contributed by atoms with E-state index in [2.05, 4.69) is 0 Å². The number of fused-ring (bicyclic) bond motifs is 1. The Morgan fingerprint density at radius 1 is 1.12 bits per heavy atom. The van der Waals surface area contributed by atoms with Crippen LogP contribution in [-0.2, 0) is 15.7 Å². The summed E-state index contributed by atoms with van der Waals surface area (Å²) in [6, 6.07) is 8.80. The van der Waals surface area contributed by atoms with Crippen molar-refractivity contribution in [2.24, 2.45) is 5.92 Å². The third kappa shape index (κ3) is 3.90. The molecule has 1 atom stereocenters. The largest absolute Gasteiger partial charge is 0.495 e. The van der Waals surface area contributed by atoms with Gasteiger partial charge in [0.05, 0.1) is 17.2 Å². The van der Waals surface area contributed by atoms with E-state index in [1.807, 2.05) is 50.8 Å². The van der Waals surface area contributed by atoms with Gasteiger partial charge in [-0.05, 0) is 100 Å². The minimum absolute atomic E-state index is 0.0320. The van der Waals surface area contributed by atoms with E-state index in [1.54, 1.807) is 13.0 Å². The summed E-state index contributed by atoms with van der Waals surface area (Å²) in [5, 5.41) is 0.495. The highest BCUT2D eigenvalue weighted by atomic mass is 35.5. The second-order valence-electron chi connectivity index (χ2n) is 10.6. The van der Waals surface area contributed by atoms with Gasteiger partial charge in [0.2, 0.25) is 0 Å². The van der Waals surface area contributed by atoms with E-state index in [4.69, 9.17) is 20.9 Å². The van der Waals surface area contributed by atoms with Crippen molar-refractivity contribution in [3.8, 4) is 0 Å². The van der Waals surface area contributed by atoms with Crippen LogP contribution in [0, 0.1) is 18.7 Å². The molecule has 0 bridgehead atoms. The third-order valence-electron chi connectivity index (χ3n) is 7.78. The first-order chi connectivity index (χ1) is 15.5. The van der Waals surface area contributed by atoms with Crippen molar-refractivity contribution in [3.63, 3.8) is 0 Å². The summed E-state index contributed by atoms with van der Waals surface area (Å²) in [6.45, 7) is 10.4. The van der Waals surface area contributed by atoms with E-state index in [0.29, 0.717) is 35.0 Å². The Labute approximate surface area is 200 Å². The highest BCUT2D eigenvalue weighted by Crippen LogP contribution is 2.46. The Balaban J connectivity index is 1.51. The molecule has 0 N–H and O–H groups in total. The average molecular weight is 470 g/mol. The number of hydrogen-bond donors (Lipinski definition) is 0. The van der Waals surface area contributed by atoms with Gasteiger partial charge in [-0.15, -0.1) is 0 Å². The molecule has 1 saturated heterocycles. The van der Waals surface area contributed by atoms with Crippen molar-refractivity contribution in [1.82, 2.24) is 4.90 Å². The third-order valence-corrected chi connectivity index (χ3v) is 8.00. The van der Waals surface area contributed by atoms with E-state index in [1.165, 1.54) is 6.07 Å². The van der Waals surface area contributed by atoms with Crippen LogP contribution in [0.15, 0.2) is 30.3 Å². The molecule has 7 heteroatoms. The smallest absolute Gasteiger partial charge is 0.399 e. The summed E-state index contributed by atoms with van der Waals surface area (Å²) in [5.74, 6) is 0.153. The Morgan fingerprint density at radius 3 is 2.39 bits per heavy atom. The van der Waals surface area contributed by atoms with Gasteiger partial charge < -0.3 is 14.2 Å². The first-order valence-electron chi connectivity index (χ1n) is 11.7. The molecule has 3 aliphatic rings. The number of aryl methyl sites for hydroxylation is 1. The van der Waals surface area contributed by atoms with Gasteiger partial charge >= 0.3 is 7.12 Å². The minimum atomic E-state index is -0.569. The number of hydrogen-bond acceptors (Lipinski definition) is 3. The topological polar surface area (TPSA) is 38.8 Å². The van der Waals surface area contributed by atoms with Gasteiger partial charge in [0.25, 0.3) is 5.91 Å². The maximum atomic E-state index is 13.9. The fourth-order valence-electron chi connectivity index (χ4n) is 5.03. The molecule has 2 fully saturated rings. The predicted octanol–water partition coefficient (Wildman–Crippen LogP) is 5.24. The predicted molar refractivity (Wildman–Crippen MR) is 129 cm³/mol. The standard InChI is InChI=1S/C26H30BClFNO3/c1-15-12-17(8-9-22(15)29)23(16-6-7-16)30-11-10-19-20(24(30)31)13-18(28)14-21(19)27-32-25(2,3)26(4,5)33-27/h8-9,12-14,16,23H,6-7,10-11H2,1-5H3. The summed E-state index contributed by atoms with van der Waals surface area (Å²) >= 11 is 6.50. The Hall–Kier alpha value is -1.89. The maximum absolute atomic E-state index is 13.9. The number of carbonyl (C=O) groups excluding carboxylic acids is 1. The van der Waals surface area contributed by atoms with Crippen LogP contribution in [0.25, 0.3) is 0 Å². The monoisotopic (exact) mass is 469 g/mol. The van der Waals surface area contributed by atoms with E-state index in [9.17, 15) is 9.18 Å². The highest BCUT2D eigenvalue weighted by molar-refractivity contribution is 6.63. The Kier molecular flexibility index (Phi) is 5.43. The van der Waals surface area contributed by atoms with Gasteiger partial charge in [0, 0.05) is 17.1 Å². The fourth-order valence-corrected chi connectivity index (χ4v) is 5.26. The SMILES string of the molecule is Cc1cc(C(C2CC2)N2CCc3c(B4OC(C)(C)C(C)(C)O4)cc(Cl)cc3C2=O)ccc1F. The van der Waals surface area contributed by atoms with Gasteiger partial charge in [-0.3, -0.25) is 4.79 Å². The van der Waals surface area contributed by atoms with Crippen LogP contribution in [0.5, 0.6) is 0 Å². The van der Waals surface area contributed by atoms with Crippen molar-refractivity contribution in [3.05, 3.63) is 63.4 Å². The molecule has 2 aliphatic heterocycles. The number of halogens is 2. The van der Waals surface area contributed by atoms with E-state index < -0.39 is 18.3 Å². The summed E-state index contributed by atoms with van der Waals surface area (Å²) in [6.07, 6.45) is 2.85. The zero-order valence-corrected chi connectivity index (χ0v) is 20.6. The Bertz CT molecular complexity index is 1110. The van der Waals surface area contributed by atoms with Gasteiger partial charge in [0.1, 0.15) is 5.82 Å². The molecule has 0 spiro atoms. The molecule has 33 heavy (non-hydrogen) atoms.